The molecule has 0 radical (unpaired) electrons. The Hall–Kier alpha value is -2.92. The Bertz CT molecular complexity index is 1040. The van der Waals surface area contributed by atoms with E-state index in [-0.39, 0.29) is 11.7 Å². The van der Waals surface area contributed by atoms with Gasteiger partial charge in [0.25, 0.3) is 0 Å². The van der Waals surface area contributed by atoms with Gasteiger partial charge in [-0.1, -0.05) is 56.2 Å². The Balaban J connectivity index is 2.11. The summed E-state index contributed by atoms with van der Waals surface area (Å²) in [6.07, 6.45) is 8.94. The van der Waals surface area contributed by atoms with Crippen LogP contribution in [0.3, 0.4) is 0 Å². The summed E-state index contributed by atoms with van der Waals surface area (Å²) >= 11 is 0. The number of terminal acetylenes is 1. The molecule has 1 nitrogen and oxygen atoms in total. The Labute approximate surface area is 160 Å². The molecular weight excluding hydrogens is 333 g/mol. The molecule has 4 rings (SSSR count). The largest absolute Gasteiger partial charge is 0.251 e. The molecule has 1 aliphatic rings. The second kappa shape index (κ2) is 7.00. The van der Waals surface area contributed by atoms with Crippen molar-refractivity contribution in [2.24, 2.45) is 0 Å². The number of hydrogen-bond acceptors (Lipinski definition) is 1. The Morgan fingerprint density at radius 3 is 2.48 bits per heavy atom. The van der Waals surface area contributed by atoms with Gasteiger partial charge in [0.05, 0.1) is 17.0 Å². The molecule has 1 heterocycles. The Morgan fingerprint density at radius 1 is 1.04 bits per heavy atom. The standard InChI is InChI=1S/C25H22FN/c1-4-20-23(18-12-14-19(26)15-13-18)22-11-7-9-17-8-5-6-10-21(17)25(22)27-24(20)16(2)3/h1,5-6,8,10,12-16H,7,9,11H2,2-3H3. The molecule has 0 atom stereocenters. The van der Waals surface area contributed by atoms with Crippen LogP contribution in [0.5, 0.6) is 0 Å². The predicted octanol–water partition coefficient (Wildman–Crippen LogP) is 6.15. The van der Waals surface area contributed by atoms with Gasteiger partial charge in [-0.05, 0) is 54.0 Å². The highest BCUT2D eigenvalue weighted by atomic mass is 19.1. The number of halogens is 1. The highest BCUT2D eigenvalue weighted by molar-refractivity contribution is 5.83. The van der Waals surface area contributed by atoms with Gasteiger partial charge in [0.1, 0.15) is 5.82 Å². The first-order chi connectivity index (χ1) is 13.1. The highest BCUT2D eigenvalue weighted by Gasteiger charge is 2.25. The van der Waals surface area contributed by atoms with Crippen LogP contribution < -0.4 is 0 Å². The second-order valence-electron chi connectivity index (χ2n) is 7.39. The molecule has 2 aromatic carbocycles. The molecule has 0 N–H and O–H groups in total. The van der Waals surface area contributed by atoms with Crippen molar-refractivity contribution in [3.8, 4) is 34.7 Å². The first-order valence-electron chi connectivity index (χ1n) is 9.47. The quantitative estimate of drug-likeness (QED) is 0.503. The number of benzene rings is 2. The van der Waals surface area contributed by atoms with Gasteiger partial charge in [0.15, 0.2) is 0 Å². The fourth-order valence-electron chi connectivity index (χ4n) is 4.03. The van der Waals surface area contributed by atoms with Crippen LogP contribution in [-0.4, -0.2) is 4.98 Å². The van der Waals surface area contributed by atoms with Crippen LogP contribution in [0.25, 0.3) is 22.4 Å². The fraction of sp³-hybridized carbons (Fsp3) is 0.240. The molecule has 0 saturated carbocycles. The molecular formula is C25H22FN. The summed E-state index contributed by atoms with van der Waals surface area (Å²) in [4.78, 5) is 5.07. The van der Waals surface area contributed by atoms with Gasteiger partial charge in [-0.25, -0.2) is 4.39 Å². The molecule has 0 unspecified atom stereocenters. The van der Waals surface area contributed by atoms with Crippen molar-refractivity contribution in [3.05, 3.63) is 76.7 Å². The molecule has 0 aliphatic heterocycles. The zero-order valence-corrected chi connectivity index (χ0v) is 15.7. The van der Waals surface area contributed by atoms with Crippen LogP contribution in [0.15, 0.2) is 48.5 Å². The first-order valence-corrected chi connectivity index (χ1v) is 9.47. The van der Waals surface area contributed by atoms with Crippen LogP contribution in [0.2, 0.25) is 0 Å². The molecule has 0 bridgehead atoms. The third kappa shape index (κ3) is 3.04. The molecule has 0 spiro atoms. The molecule has 27 heavy (non-hydrogen) atoms. The number of fused-ring (bicyclic) bond motifs is 3. The first kappa shape index (κ1) is 17.5. The summed E-state index contributed by atoms with van der Waals surface area (Å²) in [7, 11) is 0. The number of aryl methyl sites for hydroxylation is 1. The predicted molar refractivity (Wildman–Crippen MR) is 109 cm³/mol. The van der Waals surface area contributed by atoms with Crippen molar-refractivity contribution in [2.75, 3.05) is 0 Å². The van der Waals surface area contributed by atoms with E-state index < -0.39 is 0 Å². The van der Waals surface area contributed by atoms with Gasteiger partial charge in [-0.15, -0.1) is 6.42 Å². The Kier molecular flexibility index (Phi) is 4.54. The Morgan fingerprint density at radius 2 is 1.78 bits per heavy atom. The van der Waals surface area contributed by atoms with Crippen LogP contribution in [0.4, 0.5) is 4.39 Å². The number of hydrogen-bond donors (Lipinski definition) is 0. The van der Waals surface area contributed by atoms with Gasteiger partial charge in [-0.3, -0.25) is 4.98 Å². The summed E-state index contributed by atoms with van der Waals surface area (Å²) in [6, 6.07) is 15.2. The molecule has 0 amide bonds. The zero-order chi connectivity index (χ0) is 19.0. The summed E-state index contributed by atoms with van der Waals surface area (Å²) in [5.41, 5.74) is 8.53. The normalized spacial score (nSPS) is 12.9. The summed E-state index contributed by atoms with van der Waals surface area (Å²) in [5.74, 6) is 2.86. The van der Waals surface area contributed by atoms with E-state index in [1.54, 1.807) is 0 Å². The van der Waals surface area contributed by atoms with E-state index in [2.05, 4.69) is 44.0 Å². The average Bonchev–Trinajstić information content (AvgIpc) is 2.86. The van der Waals surface area contributed by atoms with E-state index in [0.29, 0.717) is 0 Å². The van der Waals surface area contributed by atoms with Gasteiger partial charge in [-0.2, -0.15) is 0 Å². The summed E-state index contributed by atoms with van der Waals surface area (Å²) < 4.78 is 13.5. The molecule has 0 fully saturated rings. The lowest BCUT2D eigenvalue weighted by molar-refractivity contribution is 0.628. The maximum Gasteiger partial charge on any atom is 0.123 e. The van der Waals surface area contributed by atoms with E-state index in [0.717, 1.165) is 47.3 Å². The lowest BCUT2D eigenvalue weighted by atomic mass is 9.87. The maximum atomic E-state index is 13.5. The molecule has 134 valence electrons. The minimum atomic E-state index is -0.240. The maximum absolute atomic E-state index is 13.5. The van der Waals surface area contributed by atoms with E-state index in [1.165, 1.54) is 28.8 Å². The van der Waals surface area contributed by atoms with Crippen LogP contribution in [0, 0.1) is 18.2 Å². The zero-order valence-electron chi connectivity index (χ0n) is 15.7. The van der Waals surface area contributed by atoms with Crippen molar-refractivity contribution in [1.82, 2.24) is 4.98 Å². The van der Waals surface area contributed by atoms with Crippen molar-refractivity contribution in [3.63, 3.8) is 0 Å². The average molecular weight is 355 g/mol. The molecule has 1 aliphatic carbocycles. The second-order valence-corrected chi connectivity index (χ2v) is 7.39. The van der Waals surface area contributed by atoms with Crippen LogP contribution >= 0.6 is 0 Å². The fourth-order valence-corrected chi connectivity index (χ4v) is 4.03. The van der Waals surface area contributed by atoms with Gasteiger partial charge < -0.3 is 0 Å². The van der Waals surface area contributed by atoms with Crippen LogP contribution in [0.1, 0.15) is 48.6 Å². The van der Waals surface area contributed by atoms with Crippen LogP contribution in [-0.2, 0) is 12.8 Å². The third-order valence-electron chi connectivity index (χ3n) is 5.30. The molecule has 3 aromatic rings. The number of rotatable bonds is 2. The van der Waals surface area contributed by atoms with Gasteiger partial charge in [0.2, 0.25) is 0 Å². The third-order valence-corrected chi connectivity index (χ3v) is 5.30. The number of nitrogens with zero attached hydrogens (tertiary/aromatic N) is 1. The van der Waals surface area contributed by atoms with E-state index in [9.17, 15) is 4.39 Å². The minimum absolute atomic E-state index is 0.205. The van der Waals surface area contributed by atoms with E-state index in [4.69, 9.17) is 11.4 Å². The van der Waals surface area contributed by atoms with Crippen molar-refractivity contribution >= 4 is 0 Å². The van der Waals surface area contributed by atoms with Crippen molar-refractivity contribution < 1.29 is 4.39 Å². The van der Waals surface area contributed by atoms with E-state index in [1.807, 2.05) is 12.1 Å². The SMILES string of the molecule is C#Cc1c(C(C)C)nc2c(c1-c1ccc(F)cc1)CCCc1ccccc1-2. The molecule has 0 saturated heterocycles. The monoisotopic (exact) mass is 355 g/mol. The lowest BCUT2D eigenvalue weighted by Crippen LogP contribution is -2.07. The lowest BCUT2D eigenvalue weighted by Gasteiger charge is -2.20. The summed E-state index contributed by atoms with van der Waals surface area (Å²) in [5, 5.41) is 0. The van der Waals surface area contributed by atoms with Gasteiger partial charge >= 0.3 is 0 Å². The minimum Gasteiger partial charge on any atom is -0.251 e. The van der Waals surface area contributed by atoms with E-state index >= 15 is 0 Å². The topological polar surface area (TPSA) is 12.9 Å². The van der Waals surface area contributed by atoms with Gasteiger partial charge in [0, 0.05) is 11.1 Å². The number of pyridine rings is 1. The van der Waals surface area contributed by atoms with Crippen molar-refractivity contribution in [1.29, 1.82) is 0 Å². The number of aromatic nitrogens is 1. The smallest absolute Gasteiger partial charge is 0.123 e. The highest BCUT2D eigenvalue weighted by Crippen LogP contribution is 2.40. The summed E-state index contributed by atoms with van der Waals surface area (Å²) in [6.45, 7) is 4.24. The molecule has 2 heteroatoms. The van der Waals surface area contributed by atoms with Crippen molar-refractivity contribution in [2.45, 2.75) is 39.0 Å². The molecule has 1 aromatic heterocycles.